The Bertz CT molecular complexity index is 1060. The minimum atomic E-state index is -0.667. The number of hydrogen-bond acceptors (Lipinski definition) is 4. The highest BCUT2D eigenvalue weighted by molar-refractivity contribution is 6.33. The van der Waals surface area contributed by atoms with E-state index in [1.165, 1.54) is 0 Å². The van der Waals surface area contributed by atoms with Crippen molar-refractivity contribution < 1.29 is 4.74 Å². The number of rotatable bonds is 3. The molecule has 4 rings (SSSR count). The summed E-state index contributed by atoms with van der Waals surface area (Å²) in [5, 5.41) is 0.590. The molecular weight excluding hydrogens is 360 g/mol. The van der Waals surface area contributed by atoms with Crippen molar-refractivity contribution in [3.63, 3.8) is 0 Å². The predicted molar refractivity (Wildman–Crippen MR) is 109 cm³/mol. The molecule has 1 aliphatic rings. The van der Waals surface area contributed by atoms with Gasteiger partial charge in [-0.3, -0.25) is 4.57 Å². The standard InChI is InChI=1S/C21H23ClN4O/c1-5-6-10-21(4)25-19(15-8-7-9-16(22)18(15)27-21)26-12-24-17-14(3)13(2)11-23-20(17)26/h7-9,11-12H,5-6,10H2,1-4H3. The van der Waals surface area contributed by atoms with Crippen molar-refractivity contribution in [2.45, 2.75) is 52.7 Å². The highest BCUT2D eigenvalue weighted by Gasteiger charge is 2.34. The Morgan fingerprint density at radius 2 is 2.04 bits per heavy atom. The lowest BCUT2D eigenvalue weighted by molar-refractivity contribution is 0.0816. The van der Waals surface area contributed by atoms with E-state index in [1.54, 1.807) is 6.33 Å². The van der Waals surface area contributed by atoms with Crippen LogP contribution in [-0.4, -0.2) is 26.1 Å². The molecule has 0 amide bonds. The molecule has 2 aromatic heterocycles. The van der Waals surface area contributed by atoms with Crippen molar-refractivity contribution in [3.05, 3.63) is 52.4 Å². The molecule has 0 spiro atoms. The monoisotopic (exact) mass is 382 g/mol. The zero-order valence-electron chi connectivity index (χ0n) is 16.1. The molecule has 3 aromatic rings. The Labute approximate surface area is 164 Å². The molecule has 5 nitrogen and oxygen atoms in total. The van der Waals surface area contributed by atoms with E-state index in [0.717, 1.165) is 53.0 Å². The fourth-order valence-corrected chi connectivity index (χ4v) is 3.65. The van der Waals surface area contributed by atoms with Gasteiger partial charge >= 0.3 is 0 Å². The van der Waals surface area contributed by atoms with Crippen molar-refractivity contribution in [2.75, 3.05) is 0 Å². The first kappa shape index (κ1) is 18.0. The van der Waals surface area contributed by atoms with E-state index in [2.05, 4.69) is 23.8 Å². The maximum Gasteiger partial charge on any atom is 0.199 e. The number of para-hydroxylation sites is 1. The van der Waals surface area contributed by atoms with Crippen LogP contribution in [0.25, 0.3) is 11.2 Å². The van der Waals surface area contributed by atoms with Gasteiger partial charge in [0, 0.05) is 12.6 Å². The third-order valence-electron chi connectivity index (χ3n) is 5.16. The number of aromatic nitrogens is 3. The number of pyridine rings is 1. The van der Waals surface area contributed by atoms with Gasteiger partial charge in [-0.25, -0.2) is 15.0 Å². The number of aliphatic imine (C=N–C) groups is 1. The van der Waals surface area contributed by atoms with Crippen LogP contribution in [0.3, 0.4) is 0 Å². The average molecular weight is 383 g/mol. The number of ether oxygens (including phenoxy) is 1. The van der Waals surface area contributed by atoms with Gasteiger partial charge in [0.1, 0.15) is 17.7 Å². The molecule has 140 valence electrons. The van der Waals surface area contributed by atoms with Gasteiger partial charge in [0.25, 0.3) is 0 Å². The van der Waals surface area contributed by atoms with Crippen LogP contribution in [0, 0.1) is 13.8 Å². The zero-order valence-corrected chi connectivity index (χ0v) is 16.8. The van der Waals surface area contributed by atoms with E-state index in [0.29, 0.717) is 10.8 Å². The fourth-order valence-electron chi connectivity index (χ4n) is 3.44. The number of unbranched alkanes of at least 4 members (excludes halogenated alkanes) is 1. The number of hydrogen-bond donors (Lipinski definition) is 0. The number of fused-ring (bicyclic) bond motifs is 2. The number of nitrogens with zero attached hydrogens (tertiary/aromatic N) is 4. The van der Waals surface area contributed by atoms with Gasteiger partial charge in [0.15, 0.2) is 17.1 Å². The predicted octanol–water partition coefficient (Wildman–Crippen LogP) is 5.30. The van der Waals surface area contributed by atoms with Gasteiger partial charge in [-0.05, 0) is 50.5 Å². The normalized spacial score (nSPS) is 18.9. The van der Waals surface area contributed by atoms with Crippen LogP contribution in [-0.2, 0) is 0 Å². The molecule has 0 fully saturated rings. The summed E-state index contributed by atoms with van der Waals surface area (Å²) in [5.41, 5.74) is 4.13. The summed E-state index contributed by atoms with van der Waals surface area (Å²) < 4.78 is 8.21. The lowest BCUT2D eigenvalue weighted by atomic mass is 10.0. The van der Waals surface area contributed by atoms with Crippen molar-refractivity contribution in [2.24, 2.45) is 4.99 Å². The maximum atomic E-state index is 6.47. The van der Waals surface area contributed by atoms with Gasteiger partial charge in [-0.1, -0.05) is 31.0 Å². The highest BCUT2D eigenvalue weighted by Crippen LogP contribution is 2.39. The van der Waals surface area contributed by atoms with E-state index in [-0.39, 0.29) is 0 Å². The maximum absolute atomic E-state index is 6.47. The summed E-state index contributed by atoms with van der Waals surface area (Å²) in [6.07, 6.45) is 6.58. The van der Waals surface area contributed by atoms with Gasteiger partial charge in [-0.15, -0.1) is 0 Å². The lowest BCUT2D eigenvalue weighted by Gasteiger charge is -2.33. The molecule has 0 radical (unpaired) electrons. The van der Waals surface area contributed by atoms with E-state index in [9.17, 15) is 0 Å². The number of benzene rings is 1. The van der Waals surface area contributed by atoms with Gasteiger partial charge in [0.05, 0.1) is 10.6 Å². The van der Waals surface area contributed by atoms with Crippen LogP contribution < -0.4 is 4.74 Å². The zero-order chi connectivity index (χ0) is 19.2. The Hall–Kier alpha value is -2.40. The summed E-state index contributed by atoms with van der Waals surface area (Å²) in [6.45, 7) is 8.29. The van der Waals surface area contributed by atoms with Crippen molar-refractivity contribution in [1.29, 1.82) is 0 Å². The van der Waals surface area contributed by atoms with Crippen molar-refractivity contribution >= 4 is 28.6 Å². The first-order valence-electron chi connectivity index (χ1n) is 9.31. The van der Waals surface area contributed by atoms with E-state index < -0.39 is 5.72 Å². The Kier molecular flexibility index (Phi) is 4.42. The highest BCUT2D eigenvalue weighted by atomic mass is 35.5. The molecule has 1 unspecified atom stereocenters. The fraction of sp³-hybridized carbons (Fsp3) is 0.381. The molecule has 3 heterocycles. The molecule has 0 aliphatic carbocycles. The van der Waals surface area contributed by atoms with E-state index in [1.807, 2.05) is 42.8 Å². The Morgan fingerprint density at radius 1 is 1.22 bits per heavy atom. The number of halogens is 1. The topological polar surface area (TPSA) is 52.3 Å². The SMILES string of the molecule is CCCCC1(C)N=C(n2cnc3c(C)c(C)cnc32)c2cccc(Cl)c2O1. The Balaban J connectivity index is 1.94. The minimum Gasteiger partial charge on any atom is -0.464 e. The quantitative estimate of drug-likeness (QED) is 0.618. The number of aryl methyl sites for hydroxylation is 2. The van der Waals surface area contributed by atoms with Crippen LogP contribution in [0.1, 0.15) is 49.8 Å². The molecule has 1 aromatic carbocycles. The smallest absolute Gasteiger partial charge is 0.199 e. The van der Waals surface area contributed by atoms with Crippen LogP contribution in [0.4, 0.5) is 0 Å². The van der Waals surface area contributed by atoms with Gasteiger partial charge in [0.2, 0.25) is 0 Å². The third kappa shape index (κ3) is 3.00. The molecule has 0 saturated carbocycles. The second kappa shape index (κ2) is 6.64. The second-order valence-electron chi connectivity index (χ2n) is 7.29. The number of imidazole rings is 1. The van der Waals surface area contributed by atoms with Crippen LogP contribution >= 0.6 is 11.6 Å². The largest absolute Gasteiger partial charge is 0.464 e. The van der Waals surface area contributed by atoms with E-state index in [4.69, 9.17) is 21.3 Å². The molecule has 1 atom stereocenters. The second-order valence-corrected chi connectivity index (χ2v) is 7.69. The lowest BCUT2D eigenvalue weighted by Crippen LogP contribution is -2.37. The van der Waals surface area contributed by atoms with Crippen molar-refractivity contribution in [3.8, 4) is 5.75 Å². The molecule has 0 bridgehead atoms. The first-order chi connectivity index (χ1) is 12.9. The van der Waals surface area contributed by atoms with Gasteiger partial charge < -0.3 is 4.74 Å². The summed E-state index contributed by atoms with van der Waals surface area (Å²) >= 11 is 6.47. The summed E-state index contributed by atoms with van der Waals surface area (Å²) in [7, 11) is 0. The van der Waals surface area contributed by atoms with Crippen molar-refractivity contribution in [1.82, 2.24) is 14.5 Å². The summed E-state index contributed by atoms with van der Waals surface area (Å²) in [6, 6.07) is 5.74. The van der Waals surface area contributed by atoms with Crippen LogP contribution in [0.2, 0.25) is 5.02 Å². The molecular formula is C21H23ClN4O. The van der Waals surface area contributed by atoms with Gasteiger partial charge in [-0.2, -0.15) is 0 Å². The summed E-state index contributed by atoms with van der Waals surface area (Å²) in [4.78, 5) is 14.2. The third-order valence-corrected chi connectivity index (χ3v) is 5.46. The van der Waals surface area contributed by atoms with Crippen LogP contribution in [0.15, 0.2) is 35.7 Å². The average Bonchev–Trinajstić information content (AvgIpc) is 3.08. The molecule has 0 N–H and O–H groups in total. The molecule has 0 saturated heterocycles. The molecule has 6 heteroatoms. The van der Waals surface area contributed by atoms with E-state index >= 15 is 0 Å². The van der Waals surface area contributed by atoms with Crippen LogP contribution in [0.5, 0.6) is 5.75 Å². The molecule has 27 heavy (non-hydrogen) atoms. The first-order valence-corrected chi connectivity index (χ1v) is 9.68. The summed E-state index contributed by atoms with van der Waals surface area (Å²) in [5.74, 6) is 1.45. The Morgan fingerprint density at radius 3 is 2.81 bits per heavy atom. The molecule has 1 aliphatic heterocycles. The minimum absolute atomic E-state index is 0.590.